The quantitative estimate of drug-likeness (QED) is 0.683. The van der Waals surface area contributed by atoms with Crippen molar-refractivity contribution in [1.29, 1.82) is 0 Å². The first-order chi connectivity index (χ1) is 12.6. The average Bonchev–Trinajstić information content (AvgIpc) is 2.93. The zero-order valence-corrected chi connectivity index (χ0v) is 16.8. The van der Waals surface area contributed by atoms with Crippen molar-refractivity contribution in [1.82, 2.24) is 14.8 Å². The zero-order valence-electron chi connectivity index (χ0n) is 15.9. The molecule has 4 fully saturated rings. The molecule has 4 saturated carbocycles. The van der Waals surface area contributed by atoms with Gasteiger partial charge in [0.25, 0.3) is 0 Å². The Morgan fingerprint density at radius 2 is 1.62 bits per heavy atom. The Morgan fingerprint density at radius 3 is 2.23 bits per heavy atom. The second kappa shape index (κ2) is 6.40. The van der Waals surface area contributed by atoms with Crippen molar-refractivity contribution in [3.63, 3.8) is 0 Å². The van der Waals surface area contributed by atoms with Gasteiger partial charge < -0.3 is 4.57 Å². The van der Waals surface area contributed by atoms with Gasteiger partial charge in [-0.3, -0.25) is 0 Å². The lowest BCUT2D eigenvalue weighted by atomic mass is 9.49. The summed E-state index contributed by atoms with van der Waals surface area (Å²) in [6, 6.07) is 8.81. The molecule has 1 aromatic carbocycles. The van der Waals surface area contributed by atoms with Crippen LogP contribution >= 0.6 is 11.8 Å². The smallest absolute Gasteiger partial charge is 0.191 e. The third-order valence-electron chi connectivity index (χ3n) is 7.11. The summed E-state index contributed by atoms with van der Waals surface area (Å²) in [4.78, 5) is 0. The summed E-state index contributed by atoms with van der Waals surface area (Å²) in [6.07, 6.45) is 10.00. The van der Waals surface area contributed by atoms with Crippen LogP contribution in [0.1, 0.15) is 55.5 Å². The standard InChI is InChI=1S/C22H29N3S/c1-15-3-5-16(6-4-15)14-26-21-24-23-20(25(21)2)13-22-10-17-7-18(11-22)9-19(8-17)12-22/h3-6,17-19H,7-14H2,1-2H3. The molecule has 4 bridgehead atoms. The Kier molecular flexibility index (Phi) is 4.15. The molecular weight excluding hydrogens is 338 g/mol. The van der Waals surface area contributed by atoms with Gasteiger partial charge in [0.05, 0.1) is 0 Å². The number of aromatic nitrogens is 3. The lowest BCUT2D eigenvalue weighted by molar-refractivity contribution is -0.0535. The Morgan fingerprint density at radius 1 is 1.00 bits per heavy atom. The number of hydrogen-bond acceptors (Lipinski definition) is 3. The van der Waals surface area contributed by atoms with Gasteiger partial charge in [0.1, 0.15) is 5.82 Å². The molecule has 4 aliphatic rings. The van der Waals surface area contributed by atoms with Crippen molar-refractivity contribution in [3.8, 4) is 0 Å². The van der Waals surface area contributed by atoms with Crippen molar-refractivity contribution >= 4 is 11.8 Å². The fraction of sp³-hybridized carbons (Fsp3) is 0.636. The number of hydrogen-bond donors (Lipinski definition) is 0. The zero-order chi connectivity index (χ0) is 17.7. The van der Waals surface area contributed by atoms with E-state index in [1.54, 1.807) is 0 Å². The molecule has 0 aliphatic heterocycles. The van der Waals surface area contributed by atoms with Gasteiger partial charge in [0.2, 0.25) is 0 Å². The molecule has 0 amide bonds. The van der Waals surface area contributed by atoms with Gasteiger partial charge in [0.15, 0.2) is 5.16 Å². The topological polar surface area (TPSA) is 30.7 Å². The molecule has 138 valence electrons. The predicted molar refractivity (Wildman–Crippen MR) is 106 cm³/mol. The molecule has 0 radical (unpaired) electrons. The van der Waals surface area contributed by atoms with E-state index in [-0.39, 0.29) is 0 Å². The lowest BCUT2D eigenvalue weighted by Crippen LogP contribution is -2.47. The van der Waals surface area contributed by atoms with Crippen molar-refractivity contribution in [2.24, 2.45) is 30.2 Å². The molecule has 0 spiro atoms. The van der Waals surface area contributed by atoms with Gasteiger partial charge in [-0.05, 0) is 74.2 Å². The monoisotopic (exact) mass is 367 g/mol. The number of aryl methyl sites for hydroxylation is 1. The molecule has 4 aliphatic carbocycles. The van der Waals surface area contributed by atoms with Gasteiger partial charge in [-0.25, -0.2) is 0 Å². The molecule has 1 heterocycles. The first-order valence-electron chi connectivity index (χ1n) is 10.2. The minimum atomic E-state index is 0.536. The van der Waals surface area contributed by atoms with E-state index in [2.05, 4.69) is 53.0 Å². The van der Waals surface area contributed by atoms with Crippen LogP contribution in [0.15, 0.2) is 29.4 Å². The number of nitrogens with zero attached hydrogens (tertiary/aromatic N) is 3. The lowest BCUT2D eigenvalue weighted by Gasteiger charge is -2.56. The Balaban J connectivity index is 1.28. The minimum absolute atomic E-state index is 0.536. The van der Waals surface area contributed by atoms with E-state index in [1.807, 2.05) is 11.8 Å². The molecule has 0 saturated heterocycles. The predicted octanol–water partition coefficient (Wildman–Crippen LogP) is 5.17. The van der Waals surface area contributed by atoms with Gasteiger partial charge in [-0.15, -0.1) is 10.2 Å². The largest absolute Gasteiger partial charge is 0.309 e. The Labute approximate surface area is 161 Å². The van der Waals surface area contributed by atoms with E-state index >= 15 is 0 Å². The van der Waals surface area contributed by atoms with Crippen LogP contribution in [0.5, 0.6) is 0 Å². The van der Waals surface area contributed by atoms with Crippen LogP contribution < -0.4 is 0 Å². The number of rotatable bonds is 5. The summed E-state index contributed by atoms with van der Waals surface area (Å²) in [6.45, 7) is 2.14. The summed E-state index contributed by atoms with van der Waals surface area (Å²) in [7, 11) is 2.16. The summed E-state index contributed by atoms with van der Waals surface area (Å²) in [5, 5.41) is 10.2. The fourth-order valence-corrected chi connectivity index (χ4v) is 7.18. The van der Waals surface area contributed by atoms with Crippen molar-refractivity contribution in [2.75, 3.05) is 0 Å². The molecule has 2 aromatic rings. The van der Waals surface area contributed by atoms with Crippen LogP contribution in [-0.2, 0) is 19.2 Å². The maximum Gasteiger partial charge on any atom is 0.191 e. The normalized spacial score (nSPS) is 32.3. The minimum Gasteiger partial charge on any atom is -0.309 e. The van der Waals surface area contributed by atoms with Gasteiger partial charge in [0, 0.05) is 19.2 Å². The molecule has 0 N–H and O–H groups in total. The summed E-state index contributed by atoms with van der Waals surface area (Å²) in [5.74, 6) is 5.18. The highest BCUT2D eigenvalue weighted by Crippen LogP contribution is 2.60. The Hall–Kier alpha value is -1.29. The summed E-state index contributed by atoms with van der Waals surface area (Å²) >= 11 is 1.81. The SMILES string of the molecule is Cc1ccc(CSc2nnc(CC34CC5CC(CC(C5)C3)C4)n2C)cc1. The molecule has 26 heavy (non-hydrogen) atoms. The molecular formula is C22H29N3S. The molecule has 4 heteroatoms. The summed E-state index contributed by atoms with van der Waals surface area (Å²) < 4.78 is 2.26. The van der Waals surface area contributed by atoms with Crippen molar-refractivity contribution < 1.29 is 0 Å². The molecule has 0 atom stereocenters. The maximum absolute atomic E-state index is 4.61. The second-order valence-corrected chi connectivity index (χ2v) is 10.3. The van der Waals surface area contributed by atoms with Crippen LogP contribution in [-0.4, -0.2) is 14.8 Å². The van der Waals surface area contributed by atoms with Crippen LogP contribution in [0.4, 0.5) is 0 Å². The number of benzene rings is 1. The van der Waals surface area contributed by atoms with E-state index in [4.69, 9.17) is 0 Å². The highest BCUT2D eigenvalue weighted by atomic mass is 32.2. The van der Waals surface area contributed by atoms with Crippen LogP contribution in [0.25, 0.3) is 0 Å². The average molecular weight is 368 g/mol. The first-order valence-corrected chi connectivity index (χ1v) is 11.1. The maximum atomic E-state index is 4.61. The van der Waals surface area contributed by atoms with Crippen molar-refractivity contribution in [3.05, 3.63) is 41.2 Å². The Bertz CT molecular complexity index is 757. The van der Waals surface area contributed by atoms with Crippen molar-refractivity contribution in [2.45, 2.75) is 62.8 Å². The van der Waals surface area contributed by atoms with E-state index in [0.29, 0.717) is 5.41 Å². The van der Waals surface area contributed by atoms with Gasteiger partial charge in [-0.2, -0.15) is 0 Å². The highest BCUT2D eigenvalue weighted by Gasteiger charge is 2.51. The number of thioether (sulfide) groups is 1. The van der Waals surface area contributed by atoms with Crippen LogP contribution in [0.3, 0.4) is 0 Å². The molecule has 3 nitrogen and oxygen atoms in total. The van der Waals surface area contributed by atoms with Crippen LogP contribution in [0, 0.1) is 30.1 Å². The van der Waals surface area contributed by atoms with E-state index in [9.17, 15) is 0 Å². The molecule has 6 rings (SSSR count). The third-order valence-corrected chi connectivity index (χ3v) is 8.20. The van der Waals surface area contributed by atoms with E-state index in [1.165, 1.54) is 55.5 Å². The first kappa shape index (κ1) is 16.9. The van der Waals surface area contributed by atoms with Crippen LogP contribution in [0.2, 0.25) is 0 Å². The molecule has 0 unspecified atom stereocenters. The summed E-state index contributed by atoms with van der Waals surface area (Å²) in [5.41, 5.74) is 3.20. The van der Waals surface area contributed by atoms with E-state index < -0.39 is 0 Å². The fourth-order valence-electron chi connectivity index (χ4n) is 6.30. The van der Waals surface area contributed by atoms with E-state index in [0.717, 1.165) is 35.1 Å². The third kappa shape index (κ3) is 3.11. The van der Waals surface area contributed by atoms with Gasteiger partial charge in [-0.1, -0.05) is 41.6 Å². The highest BCUT2D eigenvalue weighted by molar-refractivity contribution is 7.98. The van der Waals surface area contributed by atoms with Gasteiger partial charge >= 0.3 is 0 Å². The molecule has 1 aromatic heterocycles. The second-order valence-electron chi connectivity index (χ2n) is 9.33.